The number of nitrogens with zero attached hydrogens (tertiary/aromatic N) is 1. The number of ether oxygens (including phenoxy) is 3. The van der Waals surface area contributed by atoms with Crippen molar-refractivity contribution in [2.75, 3.05) is 7.11 Å². The Hall–Kier alpha value is -3.34. The van der Waals surface area contributed by atoms with Crippen LogP contribution in [0.5, 0.6) is 11.5 Å². The third-order valence-corrected chi connectivity index (χ3v) is 3.50. The molecule has 0 atom stereocenters. The van der Waals surface area contributed by atoms with Crippen LogP contribution >= 0.6 is 0 Å². The molecule has 1 aromatic carbocycles. The van der Waals surface area contributed by atoms with Gasteiger partial charge in [0.15, 0.2) is 0 Å². The highest BCUT2D eigenvalue weighted by molar-refractivity contribution is 5.92. The Morgan fingerprint density at radius 2 is 1.88 bits per heavy atom. The number of hydrogen-bond acceptors (Lipinski definition) is 5. The van der Waals surface area contributed by atoms with Gasteiger partial charge in [0.05, 0.1) is 25.1 Å². The van der Waals surface area contributed by atoms with Gasteiger partial charge in [-0.25, -0.2) is 4.79 Å². The predicted octanol–water partition coefficient (Wildman–Crippen LogP) is 3.81. The predicted molar refractivity (Wildman–Crippen MR) is 92.8 cm³/mol. The molecule has 0 amide bonds. The topological polar surface area (TPSA) is 57.7 Å². The number of carbonyl (C=O) groups excluding carboxylic acids is 1. The van der Waals surface area contributed by atoms with E-state index in [-0.39, 0.29) is 0 Å². The number of hydrogen-bond donors (Lipinski definition) is 0. The number of carbonyl (C=O) groups is 1. The quantitative estimate of drug-likeness (QED) is 0.614. The molecule has 0 saturated heterocycles. The number of benzene rings is 1. The summed E-state index contributed by atoms with van der Waals surface area (Å²) in [5.74, 6) is 1.37. The van der Waals surface area contributed by atoms with Gasteiger partial charge >= 0.3 is 5.97 Å². The second kappa shape index (κ2) is 7.97. The van der Waals surface area contributed by atoms with Crippen molar-refractivity contribution in [1.29, 1.82) is 0 Å². The van der Waals surface area contributed by atoms with Crippen LogP contribution in [0, 0.1) is 0 Å². The van der Waals surface area contributed by atoms with Gasteiger partial charge in [-0.05, 0) is 35.9 Å². The van der Waals surface area contributed by atoms with Gasteiger partial charge in [0.2, 0.25) is 0 Å². The molecule has 126 valence electrons. The highest BCUT2D eigenvalue weighted by Gasteiger charge is 2.20. The van der Waals surface area contributed by atoms with Crippen molar-refractivity contribution in [3.8, 4) is 11.5 Å². The summed E-state index contributed by atoms with van der Waals surface area (Å²) < 4.78 is 16.3. The van der Waals surface area contributed by atoms with E-state index in [0.29, 0.717) is 29.3 Å². The van der Waals surface area contributed by atoms with Crippen LogP contribution in [-0.2, 0) is 9.53 Å². The summed E-state index contributed by atoms with van der Waals surface area (Å²) in [7, 11) is 1.35. The molecule has 0 bridgehead atoms. The number of methoxy groups -OCH3 is 1. The average Bonchev–Trinajstić information content (AvgIpc) is 2.67. The summed E-state index contributed by atoms with van der Waals surface area (Å²) in [6, 6.07) is 12.9. The smallest absolute Gasteiger partial charge is 0.341 e. The molecular weight excluding hydrogens is 318 g/mol. The summed E-state index contributed by atoms with van der Waals surface area (Å²) in [5, 5.41) is 0. The van der Waals surface area contributed by atoms with Crippen LogP contribution in [-0.4, -0.2) is 18.1 Å². The minimum absolute atomic E-state index is 0.393. The number of para-hydroxylation sites is 1. The third kappa shape index (κ3) is 4.35. The van der Waals surface area contributed by atoms with Crippen molar-refractivity contribution in [2.45, 2.75) is 6.42 Å². The van der Waals surface area contributed by atoms with E-state index in [2.05, 4.69) is 4.98 Å². The van der Waals surface area contributed by atoms with Crippen LogP contribution in [0.25, 0.3) is 0 Å². The zero-order valence-electron chi connectivity index (χ0n) is 13.7. The lowest BCUT2D eigenvalue weighted by Gasteiger charge is -2.17. The molecule has 5 nitrogen and oxygen atoms in total. The molecule has 0 saturated carbocycles. The van der Waals surface area contributed by atoms with Gasteiger partial charge in [0.25, 0.3) is 0 Å². The molecule has 1 aliphatic rings. The maximum Gasteiger partial charge on any atom is 0.341 e. The monoisotopic (exact) mass is 335 g/mol. The molecule has 0 spiro atoms. The first kappa shape index (κ1) is 16.5. The lowest BCUT2D eigenvalue weighted by Crippen LogP contribution is -2.13. The Bertz CT molecular complexity index is 823. The van der Waals surface area contributed by atoms with E-state index in [0.717, 1.165) is 5.57 Å². The molecule has 1 heterocycles. The van der Waals surface area contributed by atoms with Gasteiger partial charge in [-0.3, -0.25) is 4.98 Å². The van der Waals surface area contributed by atoms with Gasteiger partial charge in [-0.2, -0.15) is 0 Å². The van der Waals surface area contributed by atoms with E-state index in [9.17, 15) is 4.79 Å². The highest BCUT2D eigenvalue weighted by atomic mass is 16.5. The maximum absolute atomic E-state index is 12.0. The Balaban J connectivity index is 1.81. The molecule has 5 heteroatoms. The van der Waals surface area contributed by atoms with Gasteiger partial charge in [-0.15, -0.1) is 0 Å². The Labute approximate surface area is 145 Å². The van der Waals surface area contributed by atoms with Crippen molar-refractivity contribution < 1.29 is 19.0 Å². The van der Waals surface area contributed by atoms with Crippen LogP contribution in [0.3, 0.4) is 0 Å². The Morgan fingerprint density at radius 3 is 2.60 bits per heavy atom. The first-order valence-electron chi connectivity index (χ1n) is 7.74. The number of aromatic nitrogens is 1. The zero-order chi connectivity index (χ0) is 17.5. The fraction of sp³-hybridized carbons (Fsp3) is 0.100. The van der Waals surface area contributed by atoms with E-state index in [1.807, 2.05) is 36.4 Å². The molecule has 25 heavy (non-hydrogen) atoms. The van der Waals surface area contributed by atoms with Crippen LogP contribution in [0.1, 0.15) is 6.42 Å². The summed E-state index contributed by atoms with van der Waals surface area (Å²) in [4.78, 5) is 16.0. The maximum atomic E-state index is 12.0. The molecule has 1 aliphatic carbocycles. The third-order valence-electron chi connectivity index (χ3n) is 3.50. The average molecular weight is 335 g/mol. The van der Waals surface area contributed by atoms with Crippen molar-refractivity contribution in [3.05, 3.63) is 90.2 Å². The van der Waals surface area contributed by atoms with Crippen LogP contribution in [0.2, 0.25) is 0 Å². The highest BCUT2D eigenvalue weighted by Crippen LogP contribution is 2.27. The van der Waals surface area contributed by atoms with E-state index < -0.39 is 5.97 Å². The first-order valence-corrected chi connectivity index (χ1v) is 7.74. The number of esters is 1. The normalized spacial score (nSPS) is 15.2. The second-order valence-corrected chi connectivity index (χ2v) is 5.25. The van der Waals surface area contributed by atoms with Crippen molar-refractivity contribution in [3.63, 3.8) is 0 Å². The summed E-state index contributed by atoms with van der Waals surface area (Å²) in [6.07, 6.45) is 8.82. The van der Waals surface area contributed by atoms with Crippen LogP contribution < -0.4 is 9.47 Å². The number of allylic oxidation sites excluding steroid dienone is 2. The SMILES string of the molecule is COC(=O)C1=C(Oc2ccccc2)CC(=COc2cccnc2)C=C1. The Kier molecular flexibility index (Phi) is 5.26. The lowest BCUT2D eigenvalue weighted by molar-refractivity contribution is -0.135. The summed E-state index contributed by atoms with van der Waals surface area (Å²) >= 11 is 0. The fourth-order valence-electron chi connectivity index (χ4n) is 2.28. The van der Waals surface area contributed by atoms with E-state index in [4.69, 9.17) is 14.2 Å². The van der Waals surface area contributed by atoms with E-state index in [1.165, 1.54) is 7.11 Å². The number of pyridine rings is 1. The van der Waals surface area contributed by atoms with Gasteiger partial charge in [-0.1, -0.05) is 24.3 Å². The molecule has 0 N–H and O–H groups in total. The fourth-order valence-corrected chi connectivity index (χ4v) is 2.28. The lowest BCUT2D eigenvalue weighted by atomic mass is 10.0. The molecule has 3 rings (SSSR count). The Morgan fingerprint density at radius 1 is 1.08 bits per heavy atom. The summed E-state index contributed by atoms with van der Waals surface area (Å²) in [6.45, 7) is 0. The number of rotatable bonds is 5. The minimum Gasteiger partial charge on any atom is -0.465 e. The molecule has 0 unspecified atom stereocenters. The second-order valence-electron chi connectivity index (χ2n) is 5.25. The van der Waals surface area contributed by atoms with E-state index in [1.54, 1.807) is 36.9 Å². The molecule has 0 aliphatic heterocycles. The summed E-state index contributed by atoms with van der Waals surface area (Å²) in [5.41, 5.74) is 1.26. The van der Waals surface area contributed by atoms with Crippen molar-refractivity contribution in [2.24, 2.45) is 0 Å². The van der Waals surface area contributed by atoms with Crippen molar-refractivity contribution in [1.82, 2.24) is 4.98 Å². The minimum atomic E-state index is -0.436. The van der Waals surface area contributed by atoms with E-state index >= 15 is 0 Å². The first-order chi connectivity index (χ1) is 12.3. The van der Waals surface area contributed by atoms with Crippen LogP contribution in [0.15, 0.2) is 90.2 Å². The molecule has 0 radical (unpaired) electrons. The molecule has 0 fully saturated rings. The van der Waals surface area contributed by atoms with Crippen LogP contribution in [0.4, 0.5) is 0 Å². The molecule has 1 aromatic heterocycles. The molecule has 2 aromatic rings. The van der Waals surface area contributed by atoms with Gasteiger partial charge in [0, 0.05) is 12.6 Å². The zero-order valence-corrected chi connectivity index (χ0v) is 13.7. The van der Waals surface area contributed by atoms with Gasteiger partial charge in [0.1, 0.15) is 17.3 Å². The van der Waals surface area contributed by atoms with Gasteiger partial charge < -0.3 is 14.2 Å². The van der Waals surface area contributed by atoms with Crippen molar-refractivity contribution >= 4 is 5.97 Å². The molecular formula is C20H17NO4. The standard InChI is InChI=1S/C20H17NO4/c1-23-20(22)18-10-9-15(14-24-17-8-5-11-21-13-17)12-19(18)25-16-6-3-2-4-7-16/h2-11,13-14H,12H2,1H3. The largest absolute Gasteiger partial charge is 0.465 e.